The first-order valence-corrected chi connectivity index (χ1v) is 9.30. The molecule has 0 fully saturated rings. The molecule has 9 heteroatoms. The smallest absolute Gasteiger partial charge is 0.277 e. The normalized spacial score (nSPS) is 12.3. The molecule has 3 aromatic rings. The van der Waals surface area contributed by atoms with E-state index in [9.17, 15) is 4.79 Å². The van der Waals surface area contributed by atoms with E-state index in [2.05, 4.69) is 20.6 Å². The van der Waals surface area contributed by atoms with Crippen LogP contribution in [0.15, 0.2) is 46.2 Å². The zero-order valence-corrected chi connectivity index (χ0v) is 16.1. The number of thioether (sulfide) groups is 1. The van der Waals surface area contributed by atoms with E-state index in [1.165, 1.54) is 11.8 Å². The van der Waals surface area contributed by atoms with E-state index in [4.69, 9.17) is 16.0 Å². The highest BCUT2D eigenvalue weighted by Gasteiger charge is 2.20. The van der Waals surface area contributed by atoms with Gasteiger partial charge in [0, 0.05) is 22.7 Å². The van der Waals surface area contributed by atoms with Crippen LogP contribution in [0.4, 0.5) is 5.82 Å². The lowest BCUT2D eigenvalue weighted by atomic mass is 10.2. The van der Waals surface area contributed by atoms with Crippen molar-refractivity contribution in [2.45, 2.75) is 37.3 Å². The number of carbonyl (C=O) groups is 1. The van der Waals surface area contributed by atoms with Gasteiger partial charge in [-0.1, -0.05) is 23.4 Å². The van der Waals surface area contributed by atoms with Crippen molar-refractivity contribution >= 4 is 35.1 Å². The molecule has 1 aromatic carbocycles. The molecule has 3 rings (SSSR count). The summed E-state index contributed by atoms with van der Waals surface area (Å²) in [5, 5.41) is 15.6. The van der Waals surface area contributed by atoms with Gasteiger partial charge >= 0.3 is 0 Å². The minimum atomic E-state index is -0.413. The van der Waals surface area contributed by atoms with Gasteiger partial charge in [0.2, 0.25) is 11.8 Å². The second-order valence-corrected chi connectivity index (χ2v) is 7.61. The van der Waals surface area contributed by atoms with E-state index < -0.39 is 5.25 Å². The molecule has 0 spiro atoms. The molecule has 1 atom stereocenters. The molecule has 1 N–H and O–H groups in total. The number of halogens is 1. The lowest BCUT2D eigenvalue weighted by molar-refractivity contribution is -0.115. The summed E-state index contributed by atoms with van der Waals surface area (Å²) in [5.74, 6) is 0.878. The standard InChI is InChI=1S/C17H18ClN5O2S/c1-10(2)23-14(8-9-19-23)20-15(24)11(3)26-17-22-21-16(25-17)12-4-6-13(18)7-5-12/h4-11H,1-3H3,(H,20,24)/t11-/m0/s1. The molecule has 26 heavy (non-hydrogen) atoms. The van der Waals surface area contributed by atoms with Crippen molar-refractivity contribution in [3.8, 4) is 11.5 Å². The molecule has 2 heterocycles. The molecule has 0 aliphatic heterocycles. The van der Waals surface area contributed by atoms with Crippen LogP contribution in [0.25, 0.3) is 11.5 Å². The maximum Gasteiger partial charge on any atom is 0.277 e. The number of amides is 1. The molecular weight excluding hydrogens is 374 g/mol. The zero-order chi connectivity index (χ0) is 18.7. The Hall–Kier alpha value is -2.32. The summed E-state index contributed by atoms with van der Waals surface area (Å²) in [6.07, 6.45) is 1.66. The Morgan fingerprint density at radius 1 is 1.19 bits per heavy atom. The van der Waals surface area contributed by atoms with Gasteiger partial charge in [-0.3, -0.25) is 4.79 Å². The van der Waals surface area contributed by atoms with Crippen LogP contribution >= 0.6 is 23.4 Å². The molecule has 7 nitrogen and oxygen atoms in total. The van der Waals surface area contributed by atoms with Gasteiger partial charge < -0.3 is 9.73 Å². The number of carbonyl (C=O) groups excluding carboxylic acids is 1. The molecule has 0 bridgehead atoms. The number of nitrogens with one attached hydrogen (secondary N) is 1. The summed E-state index contributed by atoms with van der Waals surface area (Å²) in [5.41, 5.74) is 0.770. The topological polar surface area (TPSA) is 85.8 Å². The molecular formula is C17H18ClN5O2S. The van der Waals surface area contributed by atoms with E-state index in [0.717, 1.165) is 5.56 Å². The first-order chi connectivity index (χ1) is 12.4. The molecule has 0 aliphatic rings. The summed E-state index contributed by atoms with van der Waals surface area (Å²) in [7, 11) is 0. The van der Waals surface area contributed by atoms with Gasteiger partial charge in [0.15, 0.2) is 0 Å². The lowest BCUT2D eigenvalue weighted by Crippen LogP contribution is -2.24. The average molecular weight is 392 g/mol. The second-order valence-electron chi connectivity index (χ2n) is 5.88. The largest absolute Gasteiger partial charge is 0.411 e. The van der Waals surface area contributed by atoms with Crippen LogP contribution in [-0.4, -0.2) is 31.1 Å². The van der Waals surface area contributed by atoms with Crippen LogP contribution in [0.3, 0.4) is 0 Å². The van der Waals surface area contributed by atoms with Gasteiger partial charge in [-0.2, -0.15) is 5.10 Å². The molecule has 136 valence electrons. The highest BCUT2D eigenvalue weighted by molar-refractivity contribution is 8.00. The first-order valence-electron chi connectivity index (χ1n) is 8.04. The van der Waals surface area contributed by atoms with Crippen LogP contribution in [0.1, 0.15) is 26.8 Å². The Labute approximate surface area is 160 Å². The maximum absolute atomic E-state index is 12.4. The number of anilines is 1. The van der Waals surface area contributed by atoms with E-state index in [-0.39, 0.29) is 11.9 Å². The Kier molecular flexibility index (Phi) is 5.63. The Bertz CT molecular complexity index is 891. The maximum atomic E-state index is 12.4. The third-order valence-corrected chi connectivity index (χ3v) is 4.74. The van der Waals surface area contributed by atoms with Crippen molar-refractivity contribution in [2.24, 2.45) is 0 Å². The van der Waals surface area contributed by atoms with Crippen molar-refractivity contribution in [3.63, 3.8) is 0 Å². The third kappa shape index (κ3) is 4.25. The number of benzene rings is 1. The number of hydrogen-bond donors (Lipinski definition) is 1. The summed E-state index contributed by atoms with van der Waals surface area (Å²) < 4.78 is 7.38. The molecule has 2 aromatic heterocycles. The predicted molar refractivity (Wildman–Crippen MR) is 101 cm³/mol. The van der Waals surface area contributed by atoms with Crippen LogP contribution in [-0.2, 0) is 4.79 Å². The molecule has 0 saturated carbocycles. The number of hydrogen-bond acceptors (Lipinski definition) is 6. The van der Waals surface area contributed by atoms with Crippen molar-refractivity contribution < 1.29 is 9.21 Å². The van der Waals surface area contributed by atoms with E-state index in [0.29, 0.717) is 22.0 Å². The third-order valence-electron chi connectivity index (χ3n) is 3.56. The van der Waals surface area contributed by atoms with Crippen LogP contribution in [0.5, 0.6) is 0 Å². The second kappa shape index (κ2) is 7.92. The van der Waals surface area contributed by atoms with Crippen LogP contribution in [0.2, 0.25) is 5.02 Å². The molecule has 0 radical (unpaired) electrons. The van der Waals surface area contributed by atoms with Gasteiger partial charge in [-0.05, 0) is 45.0 Å². The fourth-order valence-electron chi connectivity index (χ4n) is 2.22. The molecule has 1 amide bonds. The quantitative estimate of drug-likeness (QED) is 0.631. The monoisotopic (exact) mass is 391 g/mol. The van der Waals surface area contributed by atoms with Crippen LogP contribution < -0.4 is 5.32 Å². The van der Waals surface area contributed by atoms with E-state index in [1.54, 1.807) is 48.1 Å². The zero-order valence-electron chi connectivity index (χ0n) is 14.5. The molecule has 0 aliphatic carbocycles. The van der Waals surface area contributed by atoms with E-state index >= 15 is 0 Å². The fraction of sp³-hybridized carbons (Fsp3) is 0.294. The molecule has 0 unspecified atom stereocenters. The Balaban J connectivity index is 1.64. The lowest BCUT2D eigenvalue weighted by Gasteiger charge is -2.13. The van der Waals surface area contributed by atoms with Gasteiger partial charge in [-0.25, -0.2) is 4.68 Å². The minimum absolute atomic E-state index is 0.154. The van der Waals surface area contributed by atoms with Crippen LogP contribution in [0, 0.1) is 0 Å². The molecule has 0 saturated heterocycles. The van der Waals surface area contributed by atoms with Gasteiger partial charge in [-0.15, -0.1) is 10.2 Å². The Morgan fingerprint density at radius 2 is 1.92 bits per heavy atom. The number of aromatic nitrogens is 4. The van der Waals surface area contributed by atoms with E-state index in [1.807, 2.05) is 13.8 Å². The van der Waals surface area contributed by atoms with Gasteiger partial charge in [0.1, 0.15) is 5.82 Å². The Morgan fingerprint density at radius 3 is 2.62 bits per heavy atom. The minimum Gasteiger partial charge on any atom is -0.411 e. The SMILES string of the molecule is CC(C)n1nccc1NC(=O)[C@H](C)Sc1nnc(-c2ccc(Cl)cc2)o1. The van der Waals surface area contributed by atoms with Gasteiger partial charge in [0.05, 0.1) is 11.4 Å². The van der Waals surface area contributed by atoms with Crippen molar-refractivity contribution in [2.75, 3.05) is 5.32 Å². The summed E-state index contributed by atoms with van der Waals surface area (Å²) in [6.45, 7) is 5.78. The van der Waals surface area contributed by atoms with Crippen molar-refractivity contribution in [1.29, 1.82) is 0 Å². The van der Waals surface area contributed by atoms with Crippen molar-refractivity contribution in [3.05, 3.63) is 41.6 Å². The summed E-state index contributed by atoms with van der Waals surface area (Å²) in [6, 6.07) is 9.02. The van der Waals surface area contributed by atoms with Crippen molar-refractivity contribution in [1.82, 2.24) is 20.0 Å². The highest BCUT2D eigenvalue weighted by Crippen LogP contribution is 2.27. The first kappa shape index (κ1) is 18.5. The fourth-order valence-corrected chi connectivity index (χ4v) is 3.03. The summed E-state index contributed by atoms with van der Waals surface area (Å²) in [4.78, 5) is 12.4. The average Bonchev–Trinajstić information content (AvgIpc) is 3.25. The van der Waals surface area contributed by atoms with Gasteiger partial charge in [0.25, 0.3) is 5.22 Å². The number of rotatable bonds is 6. The highest BCUT2D eigenvalue weighted by atomic mass is 35.5. The summed E-state index contributed by atoms with van der Waals surface area (Å²) >= 11 is 7.07. The predicted octanol–water partition coefficient (Wildman–Crippen LogP) is 4.29. The number of nitrogens with zero attached hydrogens (tertiary/aromatic N) is 4.